The van der Waals surface area contributed by atoms with Gasteiger partial charge in [-0.15, -0.1) is 11.3 Å². The second kappa shape index (κ2) is 5.71. The summed E-state index contributed by atoms with van der Waals surface area (Å²) in [4.78, 5) is 17.0. The molecule has 0 aliphatic rings. The smallest absolute Gasteiger partial charge is 0.279 e. The summed E-state index contributed by atoms with van der Waals surface area (Å²) in [5.74, 6) is 0. The van der Waals surface area contributed by atoms with Crippen LogP contribution < -0.4 is 10.3 Å². The highest BCUT2D eigenvalue weighted by molar-refractivity contribution is 7.92. The predicted molar refractivity (Wildman–Crippen MR) is 95.5 cm³/mol. The highest BCUT2D eigenvalue weighted by Crippen LogP contribution is 2.25. The van der Waals surface area contributed by atoms with Gasteiger partial charge in [-0.25, -0.2) is 13.4 Å². The summed E-state index contributed by atoms with van der Waals surface area (Å²) in [5, 5.41) is 1.70. The molecule has 24 heavy (non-hydrogen) atoms. The summed E-state index contributed by atoms with van der Waals surface area (Å²) in [7, 11) is -4.04. The maximum absolute atomic E-state index is 12.8. The van der Waals surface area contributed by atoms with E-state index in [4.69, 9.17) is 0 Å². The SMILES string of the molecule is Cc1cc(C)c(NS(=O)(=O)c2c(C)nc3sccn3c2=O)c(C)c1. The number of nitrogens with zero attached hydrogens (tertiary/aromatic N) is 2. The van der Waals surface area contributed by atoms with Crippen LogP contribution in [0.3, 0.4) is 0 Å². The van der Waals surface area contributed by atoms with E-state index in [0.29, 0.717) is 10.6 Å². The van der Waals surface area contributed by atoms with Gasteiger partial charge in [0.15, 0.2) is 9.86 Å². The molecule has 2 heterocycles. The molecular weight excluding hydrogens is 346 g/mol. The van der Waals surface area contributed by atoms with Crippen LogP contribution in [0, 0.1) is 27.7 Å². The van der Waals surface area contributed by atoms with Crippen molar-refractivity contribution in [1.82, 2.24) is 9.38 Å². The summed E-state index contributed by atoms with van der Waals surface area (Å²) in [6.07, 6.45) is 1.52. The highest BCUT2D eigenvalue weighted by Gasteiger charge is 2.25. The van der Waals surface area contributed by atoms with E-state index >= 15 is 0 Å². The molecule has 126 valence electrons. The van der Waals surface area contributed by atoms with Crippen molar-refractivity contribution in [1.29, 1.82) is 0 Å². The van der Waals surface area contributed by atoms with Crippen LogP contribution in [0.2, 0.25) is 0 Å². The summed E-state index contributed by atoms with van der Waals surface area (Å²) in [5.41, 5.74) is 2.75. The van der Waals surface area contributed by atoms with Crippen LogP contribution in [0.15, 0.2) is 33.4 Å². The third-order valence-corrected chi connectivity index (χ3v) is 6.01. The molecule has 0 saturated heterocycles. The van der Waals surface area contributed by atoms with Gasteiger partial charge in [-0.3, -0.25) is 13.9 Å². The Morgan fingerprint density at radius 1 is 1.12 bits per heavy atom. The first kappa shape index (κ1) is 16.7. The molecule has 2 aromatic heterocycles. The lowest BCUT2D eigenvalue weighted by Crippen LogP contribution is -2.27. The second-order valence-corrected chi connectivity index (χ2v) is 8.26. The van der Waals surface area contributed by atoms with Crippen molar-refractivity contribution >= 4 is 32.0 Å². The van der Waals surface area contributed by atoms with Crippen LogP contribution in [0.4, 0.5) is 5.69 Å². The topological polar surface area (TPSA) is 80.5 Å². The van der Waals surface area contributed by atoms with Crippen LogP contribution >= 0.6 is 11.3 Å². The van der Waals surface area contributed by atoms with Crippen LogP contribution in [-0.4, -0.2) is 17.8 Å². The molecule has 3 aromatic rings. The normalized spacial score (nSPS) is 11.8. The fraction of sp³-hybridized carbons (Fsp3) is 0.250. The van der Waals surface area contributed by atoms with Crippen LogP contribution in [0.25, 0.3) is 4.96 Å². The zero-order chi connectivity index (χ0) is 17.6. The Labute approximate surface area is 143 Å². The molecule has 0 fully saturated rings. The van der Waals surface area contributed by atoms with Crippen molar-refractivity contribution in [2.45, 2.75) is 32.6 Å². The molecule has 8 heteroatoms. The molecule has 0 bridgehead atoms. The van der Waals surface area contributed by atoms with Gasteiger partial charge in [0.2, 0.25) is 0 Å². The fourth-order valence-corrected chi connectivity index (χ4v) is 5.01. The quantitative estimate of drug-likeness (QED) is 0.776. The molecule has 0 spiro atoms. The maximum Gasteiger partial charge on any atom is 0.279 e. The van der Waals surface area contributed by atoms with Gasteiger partial charge in [0.25, 0.3) is 15.6 Å². The van der Waals surface area contributed by atoms with Gasteiger partial charge >= 0.3 is 0 Å². The van der Waals surface area contributed by atoms with Gasteiger partial charge in [0, 0.05) is 11.6 Å². The van der Waals surface area contributed by atoms with Crippen LogP contribution in [-0.2, 0) is 10.0 Å². The van der Waals surface area contributed by atoms with Gasteiger partial charge in [0.1, 0.15) is 0 Å². The first-order valence-corrected chi connectivity index (χ1v) is 9.64. The van der Waals surface area contributed by atoms with Gasteiger partial charge in [-0.05, 0) is 38.8 Å². The first-order chi connectivity index (χ1) is 11.2. The van der Waals surface area contributed by atoms with E-state index in [9.17, 15) is 13.2 Å². The number of nitrogens with one attached hydrogen (secondary N) is 1. The van der Waals surface area contributed by atoms with E-state index in [1.807, 2.05) is 32.9 Å². The molecule has 6 nitrogen and oxygen atoms in total. The average Bonchev–Trinajstić information content (AvgIpc) is 2.91. The molecule has 0 radical (unpaired) electrons. The van der Waals surface area contributed by atoms with E-state index in [-0.39, 0.29) is 10.6 Å². The van der Waals surface area contributed by atoms with Gasteiger partial charge in [-0.1, -0.05) is 17.7 Å². The van der Waals surface area contributed by atoms with Crippen molar-refractivity contribution in [2.75, 3.05) is 4.72 Å². The second-order valence-electron chi connectivity index (χ2n) is 5.77. The minimum atomic E-state index is -4.04. The molecular formula is C16H17N3O3S2. The summed E-state index contributed by atoms with van der Waals surface area (Å²) in [6, 6.07) is 3.79. The number of hydrogen-bond donors (Lipinski definition) is 1. The number of aryl methyl sites for hydroxylation is 4. The Balaban J connectivity index is 2.18. The molecule has 1 N–H and O–H groups in total. The molecule has 3 rings (SSSR count). The number of hydrogen-bond acceptors (Lipinski definition) is 5. The van der Waals surface area contributed by atoms with Crippen molar-refractivity contribution in [2.24, 2.45) is 0 Å². The molecule has 0 aliphatic heterocycles. The van der Waals surface area contributed by atoms with E-state index in [2.05, 4.69) is 9.71 Å². The van der Waals surface area contributed by atoms with Gasteiger partial charge in [-0.2, -0.15) is 0 Å². The number of anilines is 1. The fourth-order valence-electron chi connectivity index (χ4n) is 2.80. The molecule has 0 atom stereocenters. The molecule has 1 aromatic carbocycles. The monoisotopic (exact) mass is 363 g/mol. The van der Waals surface area contributed by atoms with Crippen molar-refractivity contribution < 1.29 is 8.42 Å². The Hall–Kier alpha value is -2.19. The van der Waals surface area contributed by atoms with Crippen molar-refractivity contribution in [3.05, 3.63) is 56.4 Å². The van der Waals surface area contributed by atoms with E-state index < -0.39 is 15.6 Å². The number of fused-ring (bicyclic) bond motifs is 1. The number of thiazole rings is 1. The van der Waals surface area contributed by atoms with E-state index in [1.54, 1.807) is 5.38 Å². The predicted octanol–water partition coefficient (Wildman–Crippen LogP) is 2.79. The van der Waals surface area contributed by atoms with E-state index in [0.717, 1.165) is 16.7 Å². The largest absolute Gasteiger partial charge is 0.279 e. The lowest BCUT2D eigenvalue weighted by molar-refractivity contribution is 0.598. The Kier molecular flexibility index (Phi) is 3.97. The highest BCUT2D eigenvalue weighted by atomic mass is 32.2. The molecule has 0 saturated carbocycles. The number of sulfonamides is 1. The Morgan fingerprint density at radius 3 is 2.38 bits per heavy atom. The number of rotatable bonds is 3. The van der Waals surface area contributed by atoms with Crippen molar-refractivity contribution in [3.8, 4) is 0 Å². The van der Waals surface area contributed by atoms with Crippen LogP contribution in [0.5, 0.6) is 0 Å². The average molecular weight is 363 g/mol. The molecule has 0 unspecified atom stereocenters. The first-order valence-electron chi connectivity index (χ1n) is 7.28. The number of aromatic nitrogens is 2. The van der Waals surface area contributed by atoms with Crippen LogP contribution in [0.1, 0.15) is 22.4 Å². The summed E-state index contributed by atoms with van der Waals surface area (Å²) < 4.78 is 29.5. The van der Waals surface area contributed by atoms with Crippen molar-refractivity contribution in [3.63, 3.8) is 0 Å². The third kappa shape index (κ3) is 2.71. The van der Waals surface area contributed by atoms with Gasteiger partial charge in [0.05, 0.1) is 11.4 Å². The van der Waals surface area contributed by atoms with Gasteiger partial charge < -0.3 is 0 Å². The maximum atomic E-state index is 12.8. The standard InChI is InChI=1S/C16H17N3O3S2/c1-9-7-10(2)13(11(3)8-9)18-24(21,22)14-12(4)17-16-19(15(14)20)5-6-23-16/h5-8,18H,1-4H3. The minimum absolute atomic E-state index is 0.192. The minimum Gasteiger partial charge on any atom is -0.279 e. The lowest BCUT2D eigenvalue weighted by atomic mass is 10.1. The molecule has 0 amide bonds. The molecule has 0 aliphatic carbocycles. The Morgan fingerprint density at radius 2 is 1.75 bits per heavy atom. The number of benzene rings is 1. The Bertz CT molecular complexity index is 1090. The van der Waals surface area contributed by atoms with E-state index in [1.165, 1.54) is 28.9 Å². The lowest BCUT2D eigenvalue weighted by Gasteiger charge is -2.15. The summed E-state index contributed by atoms with van der Waals surface area (Å²) >= 11 is 1.28. The zero-order valence-electron chi connectivity index (χ0n) is 13.7. The zero-order valence-corrected chi connectivity index (χ0v) is 15.4. The third-order valence-electron chi connectivity index (χ3n) is 3.78. The summed E-state index contributed by atoms with van der Waals surface area (Å²) in [6.45, 7) is 7.14.